The highest BCUT2D eigenvalue weighted by atomic mass is 28.4. The molecule has 0 atom stereocenters. The zero-order valence-electron chi connectivity index (χ0n) is 19.6. The van der Waals surface area contributed by atoms with Gasteiger partial charge in [0.2, 0.25) is 0 Å². The van der Waals surface area contributed by atoms with Gasteiger partial charge in [0.1, 0.15) is 0 Å². The first-order chi connectivity index (χ1) is 13.9. The van der Waals surface area contributed by atoms with Crippen molar-refractivity contribution in [2.75, 3.05) is 11.5 Å². The molecule has 0 aliphatic carbocycles. The van der Waals surface area contributed by atoms with E-state index in [1.165, 1.54) is 18.2 Å². The van der Waals surface area contributed by atoms with E-state index in [1.807, 2.05) is 0 Å². The fourth-order valence-electron chi connectivity index (χ4n) is 3.41. The molecule has 172 valence electrons. The lowest BCUT2D eigenvalue weighted by molar-refractivity contribution is -0.137. The third-order valence-electron chi connectivity index (χ3n) is 6.18. The number of hydrogen-bond donors (Lipinski definition) is 2. The van der Waals surface area contributed by atoms with Crippen molar-refractivity contribution < 1.29 is 17.6 Å². The van der Waals surface area contributed by atoms with E-state index in [0.717, 1.165) is 11.6 Å². The molecule has 2 rings (SSSR count). The number of hydrogen-bond acceptors (Lipinski definition) is 3. The lowest BCUT2D eigenvalue weighted by Crippen LogP contribution is -2.47. The summed E-state index contributed by atoms with van der Waals surface area (Å²) >= 11 is 0. The smallest absolute Gasteiger partial charge is 0.412 e. The van der Waals surface area contributed by atoms with Crippen molar-refractivity contribution in [3.8, 4) is 11.1 Å². The van der Waals surface area contributed by atoms with E-state index in [2.05, 4.69) is 47.7 Å². The molecular formula is C24H35F3N2OSi. The first-order valence-electron chi connectivity index (χ1n) is 10.5. The van der Waals surface area contributed by atoms with Crippen molar-refractivity contribution >= 4 is 19.7 Å². The quantitative estimate of drug-likeness (QED) is 0.358. The predicted molar refractivity (Wildman–Crippen MR) is 126 cm³/mol. The van der Waals surface area contributed by atoms with Crippen molar-refractivity contribution in [1.29, 1.82) is 0 Å². The summed E-state index contributed by atoms with van der Waals surface area (Å²) in [6, 6.07) is 8.75. The van der Waals surface area contributed by atoms with Gasteiger partial charge in [0.05, 0.1) is 22.5 Å². The van der Waals surface area contributed by atoms with Crippen LogP contribution in [0.3, 0.4) is 0 Å². The molecule has 0 aliphatic rings. The SMILES string of the molecule is CC(C)(CCc1cc(-c2ccccc2C(F)(F)F)cc(N)c1N)O[Si](C)(C)C(C)(C)C. The van der Waals surface area contributed by atoms with Crippen LogP contribution in [0, 0.1) is 0 Å². The minimum Gasteiger partial charge on any atom is -0.412 e. The normalized spacial score (nSPS) is 13.5. The lowest BCUT2D eigenvalue weighted by atomic mass is 9.92. The maximum absolute atomic E-state index is 13.5. The van der Waals surface area contributed by atoms with Crippen LogP contribution in [0.1, 0.15) is 52.2 Å². The summed E-state index contributed by atoms with van der Waals surface area (Å²) in [5.74, 6) is 0. The second-order valence-corrected chi connectivity index (χ2v) is 15.0. The van der Waals surface area contributed by atoms with Crippen molar-refractivity contribution in [2.24, 2.45) is 0 Å². The van der Waals surface area contributed by atoms with Gasteiger partial charge in [-0.15, -0.1) is 0 Å². The Labute approximate surface area is 185 Å². The molecule has 2 aromatic rings. The molecule has 0 bridgehead atoms. The van der Waals surface area contributed by atoms with Crippen molar-refractivity contribution in [3.05, 3.63) is 47.5 Å². The van der Waals surface area contributed by atoms with Gasteiger partial charge in [-0.2, -0.15) is 13.2 Å². The second kappa shape index (κ2) is 8.51. The molecule has 0 fully saturated rings. The van der Waals surface area contributed by atoms with E-state index >= 15 is 0 Å². The molecule has 3 nitrogen and oxygen atoms in total. The standard InChI is InChI=1S/C24H35F3N2OSi/c1-22(2,3)31(6,7)30-23(4,5)13-12-16-14-17(15-20(28)21(16)29)18-10-8-9-11-19(18)24(25,26)27/h8-11,14-15H,12-13,28-29H2,1-7H3. The number of nitrogen functional groups attached to an aromatic ring is 2. The summed E-state index contributed by atoms with van der Waals surface area (Å²) < 4.78 is 47.1. The number of benzene rings is 2. The van der Waals surface area contributed by atoms with Crippen LogP contribution in [-0.2, 0) is 17.0 Å². The highest BCUT2D eigenvalue weighted by molar-refractivity contribution is 6.74. The summed E-state index contributed by atoms with van der Waals surface area (Å²) in [5.41, 5.74) is 13.1. The van der Waals surface area contributed by atoms with E-state index in [9.17, 15) is 13.2 Å². The van der Waals surface area contributed by atoms with Gasteiger partial charge < -0.3 is 15.9 Å². The number of alkyl halides is 3. The Morgan fingerprint density at radius 1 is 0.935 bits per heavy atom. The highest BCUT2D eigenvalue weighted by Crippen LogP contribution is 2.41. The third-order valence-corrected chi connectivity index (χ3v) is 10.9. The van der Waals surface area contributed by atoms with Crippen LogP contribution in [0.15, 0.2) is 36.4 Å². The van der Waals surface area contributed by atoms with Crippen LogP contribution in [0.5, 0.6) is 0 Å². The molecule has 31 heavy (non-hydrogen) atoms. The molecule has 0 saturated carbocycles. The first-order valence-corrected chi connectivity index (χ1v) is 13.4. The Balaban J connectivity index is 2.36. The maximum atomic E-state index is 13.5. The van der Waals surface area contributed by atoms with E-state index in [-0.39, 0.29) is 16.3 Å². The molecule has 0 aromatic heterocycles. The molecule has 0 spiro atoms. The summed E-state index contributed by atoms with van der Waals surface area (Å²) in [7, 11) is -1.98. The molecular weight excluding hydrogens is 417 g/mol. The molecule has 7 heteroatoms. The average molecular weight is 453 g/mol. The minimum absolute atomic E-state index is 0.0783. The number of nitrogens with two attached hydrogens (primary N) is 2. The zero-order valence-corrected chi connectivity index (χ0v) is 20.6. The van der Waals surface area contributed by atoms with Gasteiger partial charge in [-0.3, -0.25) is 0 Å². The fraction of sp³-hybridized carbons (Fsp3) is 0.500. The van der Waals surface area contributed by atoms with E-state index in [0.29, 0.717) is 24.1 Å². The summed E-state index contributed by atoms with van der Waals surface area (Å²) in [6.07, 6.45) is -3.22. The maximum Gasteiger partial charge on any atom is 0.417 e. The van der Waals surface area contributed by atoms with Crippen LogP contribution >= 0.6 is 0 Å². The topological polar surface area (TPSA) is 61.3 Å². The third kappa shape index (κ3) is 6.04. The zero-order chi connectivity index (χ0) is 23.8. The summed E-state index contributed by atoms with van der Waals surface area (Å²) in [5, 5.41) is 0.0783. The Kier molecular flexibility index (Phi) is 6.93. The molecule has 0 heterocycles. The fourth-order valence-corrected chi connectivity index (χ4v) is 5.20. The van der Waals surface area contributed by atoms with E-state index < -0.39 is 25.7 Å². The molecule has 0 unspecified atom stereocenters. The molecule has 0 saturated heterocycles. The van der Waals surface area contributed by atoms with Crippen LogP contribution < -0.4 is 11.5 Å². The second-order valence-electron chi connectivity index (χ2n) is 10.3. The monoisotopic (exact) mass is 452 g/mol. The van der Waals surface area contributed by atoms with Crippen LogP contribution in [0.2, 0.25) is 18.1 Å². The van der Waals surface area contributed by atoms with E-state index in [4.69, 9.17) is 15.9 Å². The Morgan fingerprint density at radius 3 is 2.06 bits per heavy atom. The molecule has 4 N–H and O–H groups in total. The number of aryl methyl sites for hydroxylation is 1. The van der Waals surface area contributed by atoms with Gasteiger partial charge in [0, 0.05) is 0 Å². The van der Waals surface area contributed by atoms with Crippen LogP contribution in [-0.4, -0.2) is 13.9 Å². The number of rotatable bonds is 6. The minimum atomic E-state index is -4.45. The van der Waals surface area contributed by atoms with Gasteiger partial charge in [-0.1, -0.05) is 39.0 Å². The summed E-state index contributed by atoms with van der Waals surface area (Å²) in [4.78, 5) is 0. The van der Waals surface area contributed by atoms with Gasteiger partial charge in [-0.25, -0.2) is 0 Å². The van der Waals surface area contributed by atoms with Gasteiger partial charge >= 0.3 is 6.18 Å². The van der Waals surface area contributed by atoms with E-state index in [1.54, 1.807) is 12.1 Å². The average Bonchev–Trinajstić information content (AvgIpc) is 2.60. The molecule has 0 aliphatic heterocycles. The number of halogens is 3. The number of anilines is 2. The largest absolute Gasteiger partial charge is 0.417 e. The van der Waals surface area contributed by atoms with Crippen LogP contribution in [0.25, 0.3) is 11.1 Å². The van der Waals surface area contributed by atoms with Crippen molar-refractivity contribution in [3.63, 3.8) is 0 Å². The van der Waals surface area contributed by atoms with Gasteiger partial charge in [-0.05, 0) is 79.7 Å². The first kappa shape index (κ1) is 25.3. The predicted octanol–water partition coefficient (Wildman–Crippen LogP) is 7.27. The van der Waals surface area contributed by atoms with Gasteiger partial charge in [0.15, 0.2) is 8.32 Å². The Bertz CT molecular complexity index is 931. The van der Waals surface area contributed by atoms with Crippen molar-refractivity contribution in [1.82, 2.24) is 0 Å². The Morgan fingerprint density at radius 2 is 1.52 bits per heavy atom. The molecule has 0 radical (unpaired) electrons. The molecule has 0 amide bonds. The Hall–Kier alpha value is -1.99. The summed E-state index contributed by atoms with van der Waals surface area (Å²) in [6.45, 7) is 15.1. The highest BCUT2D eigenvalue weighted by Gasteiger charge is 2.41. The molecule has 2 aromatic carbocycles. The van der Waals surface area contributed by atoms with Gasteiger partial charge in [0.25, 0.3) is 0 Å². The van der Waals surface area contributed by atoms with Crippen molar-refractivity contribution in [2.45, 2.75) is 77.4 Å². The van der Waals surface area contributed by atoms with Crippen LogP contribution in [0.4, 0.5) is 24.5 Å². The lowest BCUT2D eigenvalue weighted by Gasteiger charge is -2.43.